The second kappa shape index (κ2) is 3.87. The van der Waals surface area contributed by atoms with Gasteiger partial charge in [0, 0.05) is 5.92 Å². The van der Waals surface area contributed by atoms with Crippen LogP contribution >= 0.6 is 0 Å². The SMILES string of the molecule is CCC(CC(=O)O)C(N)=O. The molecule has 0 aliphatic rings. The average Bonchev–Trinajstić information content (AvgIpc) is 1.81. The summed E-state index contributed by atoms with van der Waals surface area (Å²) < 4.78 is 0. The van der Waals surface area contributed by atoms with E-state index in [1.54, 1.807) is 6.92 Å². The van der Waals surface area contributed by atoms with Crippen LogP contribution in [-0.4, -0.2) is 17.0 Å². The number of carbonyl (C=O) groups excluding carboxylic acids is 1. The van der Waals surface area contributed by atoms with Crippen molar-refractivity contribution in [3.8, 4) is 0 Å². The van der Waals surface area contributed by atoms with Gasteiger partial charge in [-0.2, -0.15) is 0 Å². The number of carboxylic acids is 1. The molecule has 0 aliphatic heterocycles. The Hall–Kier alpha value is -1.06. The van der Waals surface area contributed by atoms with Crippen molar-refractivity contribution in [3.63, 3.8) is 0 Å². The molecule has 0 spiro atoms. The van der Waals surface area contributed by atoms with Gasteiger partial charge in [0.25, 0.3) is 0 Å². The molecular weight excluding hydrogens is 134 g/mol. The summed E-state index contributed by atoms with van der Waals surface area (Å²) in [4.78, 5) is 20.5. The molecule has 0 heterocycles. The zero-order valence-electron chi connectivity index (χ0n) is 5.83. The van der Waals surface area contributed by atoms with Crippen molar-refractivity contribution in [1.82, 2.24) is 0 Å². The van der Waals surface area contributed by atoms with Gasteiger partial charge in [-0.05, 0) is 6.42 Å². The van der Waals surface area contributed by atoms with Crippen LogP contribution in [0.5, 0.6) is 0 Å². The lowest BCUT2D eigenvalue weighted by atomic mass is 10.0. The molecule has 0 aliphatic carbocycles. The molecule has 0 saturated heterocycles. The Morgan fingerprint density at radius 1 is 1.60 bits per heavy atom. The quantitative estimate of drug-likeness (QED) is 0.583. The van der Waals surface area contributed by atoms with Gasteiger partial charge in [0.1, 0.15) is 0 Å². The van der Waals surface area contributed by atoms with Crippen LogP contribution in [0.3, 0.4) is 0 Å². The number of hydrogen-bond acceptors (Lipinski definition) is 2. The van der Waals surface area contributed by atoms with E-state index in [0.29, 0.717) is 6.42 Å². The molecule has 0 saturated carbocycles. The summed E-state index contributed by atoms with van der Waals surface area (Å²) in [6.07, 6.45) is 0.327. The molecule has 3 N–H and O–H groups in total. The molecule has 1 amide bonds. The van der Waals surface area contributed by atoms with Crippen LogP contribution in [0, 0.1) is 5.92 Å². The van der Waals surface area contributed by atoms with Gasteiger partial charge in [-0.25, -0.2) is 0 Å². The zero-order chi connectivity index (χ0) is 8.15. The Bertz CT molecular complexity index is 144. The predicted octanol–water partition coefficient (Wildman–Crippen LogP) is -0.0274. The molecule has 0 bridgehead atoms. The fraction of sp³-hybridized carbons (Fsp3) is 0.667. The van der Waals surface area contributed by atoms with Crippen molar-refractivity contribution >= 4 is 11.9 Å². The number of aliphatic carboxylic acids is 1. The highest BCUT2D eigenvalue weighted by atomic mass is 16.4. The van der Waals surface area contributed by atoms with Gasteiger partial charge in [0.15, 0.2) is 0 Å². The summed E-state index contributed by atoms with van der Waals surface area (Å²) in [6.45, 7) is 1.73. The second-order valence-electron chi connectivity index (χ2n) is 2.11. The summed E-state index contributed by atoms with van der Waals surface area (Å²) in [5, 5.41) is 8.26. The largest absolute Gasteiger partial charge is 0.481 e. The molecule has 1 unspecified atom stereocenters. The van der Waals surface area contributed by atoms with Gasteiger partial charge in [0.2, 0.25) is 5.91 Å². The molecule has 10 heavy (non-hydrogen) atoms. The summed E-state index contributed by atoms with van der Waals surface area (Å²) in [6, 6.07) is 0. The van der Waals surface area contributed by atoms with E-state index in [4.69, 9.17) is 10.8 Å². The van der Waals surface area contributed by atoms with Gasteiger partial charge >= 0.3 is 5.97 Å². The molecular formula is C6H11NO3. The summed E-state index contributed by atoms with van der Waals surface area (Å²) >= 11 is 0. The van der Waals surface area contributed by atoms with Crippen LogP contribution in [-0.2, 0) is 9.59 Å². The van der Waals surface area contributed by atoms with Crippen LogP contribution in [0.25, 0.3) is 0 Å². The van der Waals surface area contributed by atoms with Crippen LogP contribution in [0.1, 0.15) is 19.8 Å². The van der Waals surface area contributed by atoms with Crippen LogP contribution in [0.15, 0.2) is 0 Å². The summed E-state index contributed by atoms with van der Waals surface area (Å²) in [5.74, 6) is -2.03. The molecule has 4 nitrogen and oxygen atoms in total. The van der Waals surface area contributed by atoms with Crippen molar-refractivity contribution in [2.45, 2.75) is 19.8 Å². The van der Waals surface area contributed by atoms with E-state index in [9.17, 15) is 9.59 Å². The van der Waals surface area contributed by atoms with Gasteiger partial charge in [-0.15, -0.1) is 0 Å². The highest BCUT2D eigenvalue weighted by molar-refractivity contribution is 5.81. The summed E-state index contributed by atoms with van der Waals surface area (Å²) in [7, 11) is 0. The van der Waals surface area contributed by atoms with E-state index >= 15 is 0 Å². The Labute approximate surface area is 59.0 Å². The first kappa shape index (κ1) is 8.94. The van der Waals surface area contributed by atoms with Gasteiger partial charge in [0.05, 0.1) is 6.42 Å². The number of primary amides is 1. The maximum Gasteiger partial charge on any atom is 0.304 e. The second-order valence-corrected chi connectivity index (χ2v) is 2.11. The maximum absolute atomic E-state index is 10.4. The van der Waals surface area contributed by atoms with E-state index in [1.807, 2.05) is 0 Å². The third kappa shape index (κ3) is 3.06. The Morgan fingerprint density at radius 3 is 2.20 bits per heavy atom. The van der Waals surface area contributed by atoms with Crippen LogP contribution < -0.4 is 5.73 Å². The molecule has 0 aromatic heterocycles. The fourth-order valence-corrected chi connectivity index (χ4v) is 0.657. The Balaban J connectivity index is 3.83. The van der Waals surface area contributed by atoms with E-state index in [-0.39, 0.29) is 6.42 Å². The molecule has 0 aromatic rings. The van der Waals surface area contributed by atoms with E-state index < -0.39 is 17.8 Å². The maximum atomic E-state index is 10.4. The lowest BCUT2D eigenvalue weighted by Crippen LogP contribution is -2.24. The average molecular weight is 145 g/mol. The Morgan fingerprint density at radius 2 is 2.10 bits per heavy atom. The third-order valence-corrected chi connectivity index (χ3v) is 1.32. The molecule has 4 heteroatoms. The first-order valence-corrected chi connectivity index (χ1v) is 3.09. The topological polar surface area (TPSA) is 80.4 Å². The first-order chi connectivity index (χ1) is 4.57. The van der Waals surface area contributed by atoms with Gasteiger partial charge < -0.3 is 10.8 Å². The number of nitrogens with two attached hydrogens (primary N) is 1. The summed E-state index contributed by atoms with van der Waals surface area (Å²) in [5.41, 5.74) is 4.89. The molecule has 0 radical (unpaired) electrons. The highest BCUT2D eigenvalue weighted by Gasteiger charge is 2.15. The number of hydrogen-bond donors (Lipinski definition) is 2. The number of carboxylic acid groups (broad SMARTS) is 1. The van der Waals surface area contributed by atoms with E-state index in [0.717, 1.165) is 0 Å². The van der Waals surface area contributed by atoms with Crippen molar-refractivity contribution < 1.29 is 14.7 Å². The van der Waals surface area contributed by atoms with Crippen LogP contribution in [0.4, 0.5) is 0 Å². The fourth-order valence-electron chi connectivity index (χ4n) is 0.657. The minimum absolute atomic E-state index is 0.161. The van der Waals surface area contributed by atoms with Crippen molar-refractivity contribution in [2.75, 3.05) is 0 Å². The van der Waals surface area contributed by atoms with E-state index in [1.165, 1.54) is 0 Å². The number of rotatable bonds is 4. The monoisotopic (exact) mass is 145 g/mol. The standard InChI is InChI=1S/C6H11NO3/c1-2-4(6(7)10)3-5(8)9/h4H,2-3H2,1H3,(H2,7,10)(H,8,9). The predicted molar refractivity (Wildman–Crippen MR) is 35.2 cm³/mol. The number of carbonyl (C=O) groups is 2. The minimum atomic E-state index is -0.981. The lowest BCUT2D eigenvalue weighted by molar-refractivity contribution is -0.140. The van der Waals surface area contributed by atoms with Crippen molar-refractivity contribution in [1.29, 1.82) is 0 Å². The zero-order valence-corrected chi connectivity index (χ0v) is 5.83. The van der Waals surface area contributed by atoms with Crippen LogP contribution in [0.2, 0.25) is 0 Å². The van der Waals surface area contributed by atoms with Gasteiger partial charge in [-0.3, -0.25) is 9.59 Å². The molecule has 58 valence electrons. The van der Waals surface area contributed by atoms with Crippen molar-refractivity contribution in [3.05, 3.63) is 0 Å². The minimum Gasteiger partial charge on any atom is -0.481 e. The lowest BCUT2D eigenvalue weighted by Gasteiger charge is -2.05. The van der Waals surface area contributed by atoms with Gasteiger partial charge in [-0.1, -0.05) is 6.92 Å². The molecule has 1 atom stereocenters. The number of amides is 1. The van der Waals surface area contributed by atoms with E-state index in [2.05, 4.69) is 0 Å². The van der Waals surface area contributed by atoms with Crippen molar-refractivity contribution in [2.24, 2.45) is 11.7 Å². The first-order valence-electron chi connectivity index (χ1n) is 3.09. The molecule has 0 rings (SSSR count). The normalized spacial score (nSPS) is 12.5. The molecule has 0 aromatic carbocycles. The third-order valence-electron chi connectivity index (χ3n) is 1.32. The highest BCUT2D eigenvalue weighted by Crippen LogP contribution is 2.05. The Kier molecular flexibility index (Phi) is 3.46. The smallest absolute Gasteiger partial charge is 0.304 e. The molecule has 0 fully saturated rings.